The van der Waals surface area contributed by atoms with E-state index >= 15 is 0 Å². The number of rotatable bonds is 2. The summed E-state index contributed by atoms with van der Waals surface area (Å²) < 4.78 is 13.4. The Balaban J connectivity index is 2.25. The van der Waals surface area contributed by atoms with Gasteiger partial charge in [0, 0.05) is 17.4 Å². The lowest BCUT2D eigenvalue weighted by Crippen LogP contribution is -2.38. The van der Waals surface area contributed by atoms with E-state index < -0.39 is 24.2 Å². The molecule has 5 rings (SSSR count). The maximum absolute atomic E-state index is 6.71. The Bertz CT molecular complexity index is 1440. The van der Waals surface area contributed by atoms with Gasteiger partial charge >= 0.3 is 0 Å². The van der Waals surface area contributed by atoms with Crippen molar-refractivity contribution in [3.05, 3.63) is 60.7 Å². The molecule has 1 heterocycles. The normalized spacial score (nSPS) is 12.8. The van der Waals surface area contributed by atoms with Gasteiger partial charge in [0.1, 0.15) is 11.2 Å². The van der Waals surface area contributed by atoms with Crippen molar-refractivity contribution in [2.75, 3.05) is 0 Å². The molecule has 1 aromatic heterocycles. The van der Waals surface area contributed by atoms with E-state index in [2.05, 4.69) is 107 Å². The molecule has 0 atom stereocenters. The van der Waals surface area contributed by atoms with E-state index in [1.807, 2.05) is 0 Å². The van der Waals surface area contributed by atoms with Crippen LogP contribution in [0.1, 0.15) is 0 Å². The van der Waals surface area contributed by atoms with Gasteiger partial charge in [-0.25, -0.2) is 0 Å². The largest absolute Gasteiger partial charge is 0.419 e. The molecule has 0 amide bonds. The second-order valence-corrected chi connectivity index (χ2v) is 22.1. The van der Waals surface area contributed by atoms with Crippen molar-refractivity contribution in [1.82, 2.24) is 0 Å². The molecule has 0 aliphatic rings. The van der Waals surface area contributed by atoms with Gasteiger partial charge in [0.2, 0.25) is 8.01 Å². The predicted molar refractivity (Wildman–Crippen MR) is 148 cm³/mol. The van der Waals surface area contributed by atoms with Crippen molar-refractivity contribution in [2.24, 2.45) is 6.66 Å². The first-order chi connectivity index (χ1) is 15.1. The van der Waals surface area contributed by atoms with E-state index in [4.69, 9.17) is 8.39 Å². The minimum atomic E-state index is -1.68. The topological polar surface area (TPSA) is 26.3 Å². The maximum Gasteiger partial charge on any atom is 0.213 e. The molecule has 32 heavy (non-hydrogen) atoms. The van der Waals surface area contributed by atoms with Crippen LogP contribution in [0.25, 0.3) is 43.5 Å². The highest BCUT2D eigenvalue weighted by atomic mass is 31.1. The zero-order chi connectivity index (χ0) is 22.8. The summed E-state index contributed by atoms with van der Waals surface area (Å²) in [6.07, 6.45) is 0. The van der Waals surface area contributed by atoms with E-state index in [9.17, 15) is 0 Å². The predicted octanol–water partition coefficient (Wildman–Crippen LogP) is 8.22. The van der Waals surface area contributed by atoms with Crippen LogP contribution in [0.5, 0.6) is 0 Å². The molecule has 2 nitrogen and oxygen atoms in total. The molecule has 0 radical (unpaired) electrons. The molecule has 0 aliphatic heterocycles. The highest BCUT2D eigenvalue weighted by Gasteiger charge is 2.27. The third-order valence-corrected chi connectivity index (χ3v) is 11.2. The maximum atomic E-state index is 6.71. The summed E-state index contributed by atoms with van der Waals surface area (Å²) in [6, 6.07) is 22.3. The molecule has 164 valence electrons. The number of aryl methyl sites for hydroxylation is 1. The van der Waals surface area contributed by atoms with Crippen molar-refractivity contribution in [1.29, 1.82) is 0 Å². The van der Waals surface area contributed by atoms with E-state index in [-0.39, 0.29) is 0 Å². The summed E-state index contributed by atoms with van der Waals surface area (Å²) in [7, 11) is -4.45. The summed E-state index contributed by atoms with van der Waals surface area (Å²) in [6.45, 7) is 16.5. The van der Waals surface area contributed by atoms with Crippen LogP contribution in [-0.2, 0) is 6.66 Å². The average molecular weight is 475 g/mol. The fourth-order valence-electron chi connectivity index (χ4n) is 4.73. The fraction of sp³-hybridized carbons (Fsp3) is 0.259. The number of hydrogen-bond acceptors (Lipinski definition) is 2. The Hall–Kier alpha value is -2.27. The third-order valence-electron chi connectivity index (χ3n) is 6.31. The van der Waals surface area contributed by atoms with Gasteiger partial charge in [-0.05, 0) is 31.9 Å². The molecule has 0 unspecified atom stereocenters. The van der Waals surface area contributed by atoms with Gasteiger partial charge < -0.3 is 8.39 Å². The van der Waals surface area contributed by atoms with Crippen LogP contribution in [0, 0.1) is 0 Å². The molecule has 0 saturated carbocycles. The van der Waals surface area contributed by atoms with Crippen molar-refractivity contribution < 1.29 is 8.39 Å². The Morgan fingerprint density at radius 3 is 1.34 bits per heavy atom. The summed E-state index contributed by atoms with van der Waals surface area (Å²) in [5.74, 6) is 0. The SMILES string of the molecule is Cp1oc2c([Si](C)(C)C)cc3ccccc3c2c2c(o1)c([Si](C)(C)C)cc1ccccc12. The van der Waals surface area contributed by atoms with E-state index in [0.29, 0.717) is 0 Å². The Kier molecular flexibility index (Phi) is 4.97. The second-order valence-electron chi connectivity index (χ2n) is 10.8. The Labute approximate surface area is 192 Å². The van der Waals surface area contributed by atoms with Crippen LogP contribution in [0.3, 0.4) is 0 Å². The van der Waals surface area contributed by atoms with Crippen LogP contribution in [0.15, 0.2) is 69.1 Å². The van der Waals surface area contributed by atoms with Crippen molar-refractivity contribution in [3.8, 4) is 0 Å². The van der Waals surface area contributed by atoms with Gasteiger partial charge in [-0.1, -0.05) is 99.9 Å². The van der Waals surface area contributed by atoms with Gasteiger partial charge in [0.15, 0.2) is 0 Å². The lowest BCUT2D eigenvalue weighted by molar-refractivity contribution is 0.646. The number of hydrogen-bond donors (Lipinski definition) is 0. The van der Waals surface area contributed by atoms with Crippen molar-refractivity contribution in [2.45, 2.75) is 39.3 Å². The standard InChI is InChI=1S/C27H31O2PSi2/c1-30-28-26-22(31(2,3)4)16-18-12-8-10-14-20(18)24(26)25-21-15-11-9-13-19(21)17-23(27(25)29-30)32(5,6)7/h8-17H,1-7H3. The highest BCUT2D eigenvalue weighted by Crippen LogP contribution is 2.40. The fourth-order valence-corrected chi connectivity index (χ4v) is 8.73. The van der Waals surface area contributed by atoms with Crippen molar-refractivity contribution in [3.63, 3.8) is 0 Å². The van der Waals surface area contributed by atoms with Crippen LogP contribution < -0.4 is 10.4 Å². The molecule has 5 aromatic rings. The first-order valence-corrected chi connectivity index (χ1v) is 19.9. The Morgan fingerprint density at radius 2 is 0.969 bits per heavy atom. The summed E-state index contributed by atoms with van der Waals surface area (Å²) in [5.41, 5.74) is 2.10. The van der Waals surface area contributed by atoms with Crippen LogP contribution in [0.2, 0.25) is 39.3 Å². The average Bonchev–Trinajstić information content (AvgIpc) is 2.87. The molecule has 0 bridgehead atoms. The lowest BCUT2D eigenvalue weighted by atomic mass is 9.98. The van der Waals surface area contributed by atoms with E-state index in [1.54, 1.807) is 0 Å². The molecular weight excluding hydrogens is 443 g/mol. The molecule has 4 aromatic carbocycles. The molecule has 5 heteroatoms. The zero-order valence-electron chi connectivity index (χ0n) is 20.0. The number of benzene rings is 4. The van der Waals surface area contributed by atoms with Crippen LogP contribution >= 0.6 is 8.01 Å². The minimum Gasteiger partial charge on any atom is -0.419 e. The molecule has 0 N–H and O–H groups in total. The summed E-state index contributed by atoms with van der Waals surface area (Å²) in [4.78, 5) is 0. The quantitative estimate of drug-likeness (QED) is 0.241. The van der Waals surface area contributed by atoms with Gasteiger partial charge in [0.25, 0.3) is 0 Å². The zero-order valence-corrected chi connectivity index (χ0v) is 22.9. The molecule has 0 spiro atoms. The first-order valence-electron chi connectivity index (χ1n) is 11.3. The molecular formula is C27H31O2PSi2. The third kappa shape index (κ3) is 3.46. The first kappa shape index (κ1) is 21.6. The summed E-state index contributed by atoms with van der Waals surface area (Å²) in [5, 5.41) is 10.2. The van der Waals surface area contributed by atoms with Gasteiger partial charge in [0.05, 0.1) is 16.1 Å². The highest BCUT2D eigenvalue weighted by molar-refractivity contribution is 7.35. The van der Waals surface area contributed by atoms with Gasteiger partial charge in [-0.15, -0.1) is 0 Å². The Morgan fingerprint density at radius 1 is 0.594 bits per heavy atom. The summed E-state index contributed by atoms with van der Waals surface area (Å²) >= 11 is 0. The number of fused-ring (bicyclic) bond motifs is 7. The van der Waals surface area contributed by atoms with E-state index in [0.717, 1.165) is 11.2 Å². The molecule has 0 aliphatic carbocycles. The smallest absolute Gasteiger partial charge is 0.213 e. The van der Waals surface area contributed by atoms with Gasteiger partial charge in [-0.3, -0.25) is 0 Å². The molecule has 0 fully saturated rings. The van der Waals surface area contributed by atoms with E-state index in [1.165, 1.54) is 42.7 Å². The lowest BCUT2D eigenvalue weighted by Gasteiger charge is -2.20. The minimum absolute atomic E-state index is 1.05. The van der Waals surface area contributed by atoms with Gasteiger partial charge in [-0.2, -0.15) is 0 Å². The monoisotopic (exact) mass is 474 g/mol. The van der Waals surface area contributed by atoms with Crippen LogP contribution in [-0.4, -0.2) is 16.1 Å². The van der Waals surface area contributed by atoms with Crippen LogP contribution in [0.4, 0.5) is 0 Å². The van der Waals surface area contributed by atoms with Crippen molar-refractivity contribution >= 4 is 78.0 Å². The molecule has 0 saturated heterocycles. The second kappa shape index (κ2) is 7.38.